The second-order valence-corrected chi connectivity index (χ2v) is 5.25. The van der Waals surface area contributed by atoms with Gasteiger partial charge in [0.1, 0.15) is 0 Å². The maximum absolute atomic E-state index is 5.90. The summed E-state index contributed by atoms with van der Waals surface area (Å²) in [6.45, 7) is 3.21. The molecule has 0 aliphatic carbocycles. The van der Waals surface area contributed by atoms with Gasteiger partial charge in [-0.05, 0) is 31.2 Å². The Kier molecular flexibility index (Phi) is 5.62. The van der Waals surface area contributed by atoms with Crippen LogP contribution < -0.4 is 15.2 Å². The highest BCUT2D eigenvalue weighted by Crippen LogP contribution is 2.28. The third kappa shape index (κ3) is 4.10. The summed E-state index contributed by atoms with van der Waals surface area (Å²) in [6, 6.07) is 15.6. The quantitative estimate of drug-likeness (QED) is 0.478. The minimum Gasteiger partial charge on any atom is -0.490 e. The highest BCUT2D eigenvalue weighted by Gasteiger charge is 2.04. The van der Waals surface area contributed by atoms with Crippen molar-refractivity contribution in [3.05, 3.63) is 48.5 Å². The molecule has 2 aromatic carbocycles. The Morgan fingerprint density at radius 2 is 1.60 bits per heavy atom. The number of anilines is 1. The molecule has 0 aliphatic heterocycles. The fraction of sp³-hybridized carbons (Fsp3) is 0.250. The van der Waals surface area contributed by atoms with E-state index < -0.39 is 0 Å². The summed E-state index contributed by atoms with van der Waals surface area (Å²) >= 11 is 1.69. The van der Waals surface area contributed by atoms with Crippen molar-refractivity contribution in [2.24, 2.45) is 0 Å². The SMILES string of the molecule is CCOc1ccccc1OCCSc1ccccc1N. The van der Waals surface area contributed by atoms with E-state index in [1.165, 1.54) is 0 Å². The van der Waals surface area contributed by atoms with Crippen LogP contribution in [0, 0.1) is 0 Å². The molecule has 0 spiro atoms. The molecule has 0 saturated heterocycles. The first-order chi connectivity index (χ1) is 9.81. The van der Waals surface area contributed by atoms with Crippen molar-refractivity contribution in [3.63, 3.8) is 0 Å². The molecule has 0 amide bonds. The van der Waals surface area contributed by atoms with Crippen LogP contribution in [-0.2, 0) is 0 Å². The Morgan fingerprint density at radius 1 is 0.950 bits per heavy atom. The summed E-state index contributed by atoms with van der Waals surface area (Å²) in [5, 5.41) is 0. The van der Waals surface area contributed by atoms with Gasteiger partial charge in [0.2, 0.25) is 0 Å². The van der Waals surface area contributed by atoms with Crippen molar-refractivity contribution in [2.75, 3.05) is 24.7 Å². The van der Waals surface area contributed by atoms with Crippen LogP contribution in [0.1, 0.15) is 6.92 Å². The van der Waals surface area contributed by atoms with Gasteiger partial charge in [0.05, 0.1) is 13.2 Å². The van der Waals surface area contributed by atoms with Crippen LogP contribution in [-0.4, -0.2) is 19.0 Å². The van der Waals surface area contributed by atoms with Crippen molar-refractivity contribution in [1.29, 1.82) is 0 Å². The summed E-state index contributed by atoms with van der Waals surface area (Å²) in [7, 11) is 0. The van der Waals surface area contributed by atoms with E-state index in [1.807, 2.05) is 55.5 Å². The molecule has 0 bridgehead atoms. The molecule has 0 heterocycles. The highest BCUT2D eigenvalue weighted by molar-refractivity contribution is 7.99. The predicted octanol–water partition coefficient (Wildman–Crippen LogP) is 3.84. The fourth-order valence-corrected chi connectivity index (χ4v) is 2.56. The Hall–Kier alpha value is -1.81. The van der Waals surface area contributed by atoms with Gasteiger partial charge in [0.25, 0.3) is 0 Å². The van der Waals surface area contributed by atoms with Crippen LogP contribution in [0.15, 0.2) is 53.4 Å². The van der Waals surface area contributed by atoms with Crippen LogP contribution in [0.5, 0.6) is 11.5 Å². The molecule has 20 heavy (non-hydrogen) atoms. The van der Waals surface area contributed by atoms with E-state index in [-0.39, 0.29) is 0 Å². The van der Waals surface area contributed by atoms with Gasteiger partial charge < -0.3 is 15.2 Å². The van der Waals surface area contributed by atoms with E-state index in [9.17, 15) is 0 Å². The Bertz CT molecular complexity index is 546. The maximum atomic E-state index is 5.90. The average molecular weight is 289 g/mol. The van der Waals surface area contributed by atoms with Crippen molar-refractivity contribution < 1.29 is 9.47 Å². The zero-order valence-electron chi connectivity index (χ0n) is 11.5. The predicted molar refractivity (Wildman–Crippen MR) is 84.7 cm³/mol. The van der Waals surface area contributed by atoms with Gasteiger partial charge >= 0.3 is 0 Å². The first kappa shape index (κ1) is 14.6. The van der Waals surface area contributed by atoms with Crippen molar-refractivity contribution in [3.8, 4) is 11.5 Å². The molecule has 2 rings (SSSR count). The van der Waals surface area contributed by atoms with E-state index in [4.69, 9.17) is 15.2 Å². The topological polar surface area (TPSA) is 44.5 Å². The Labute approximate surface area is 124 Å². The number of nitrogen functional groups attached to an aromatic ring is 1. The highest BCUT2D eigenvalue weighted by atomic mass is 32.2. The van der Waals surface area contributed by atoms with Crippen molar-refractivity contribution in [1.82, 2.24) is 0 Å². The van der Waals surface area contributed by atoms with E-state index in [0.29, 0.717) is 13.2 Å². The van der Waals surface area contributed by atoms with Crippen LogP contribution >= 0.6 is 11.8 Å². The largest absolute Gasteiger partial charge is 0.490 e. The molecule has 0 fully saturated rings. The maximum Gasteiger partial charge on any atom is 0.161 e. The summed E-state index contributed by atoms with van der Waals surface area (Å²) in [5.74, 6) is 2.42. The van der Waals surface area contributed by atoms with E-state index in [0.717, 1.165) is 27.8 Å². The van der Waals surface area contributed by atoms with Gasteiger partial charge in [-0.3, -0.25) is 0 Å². The normalized spacial score (nSPS) is 10.2. The summed E-state index contributed by atoms with van der Waals surface area (Å²) < 4.78 is 11.3. The van der Waals surface area contributed by atoms with Gasteiger partial charge in [-0.25, -0.2) is 0 Å². The molecule has 0 aromatic heterocycles. The number of hydrogen-bond acceptors (Lipinski definition) is 4. The fourth-order valence-electron chi connectivity index (χ4n) is 1.76. The standard InChI is InChI=1S/C16H19NO2S/c1-2-18-14-8-4-5-9-15(14)19-11-12-20-16-10-6-3-7-13(16)17/h3-10H,2,11-12,17H2,1H3. The number of ether oxygens (including phenoxy) is 2. The molecule has 3 nitrogen and oxygen atoms in total. The number of benzene rings is 2. The second-order valence-electron chi connectivity index (χ2n) is 4.11. The molecule has 0 aliphatic rings. The van der Waals surface area contributed by atoms with Crippen LogP contribution in [0.4, 0.5) is 5.69 Å². The van der Waals surface area contributed by atoms with Gasteiger partial charge in [-0.1, -0.05) is 24.3 Å². The van der Waals surface area contributed by atoms with Crippen LogP contribution in [0.25, 0.3) is 0 Å². The lowest BCUT2D eigenvalue weighted by Gasteiger charge is -2.11. The van der Waals surface area contributed by atoms with E-state index in [1.54, 1.807) is 11.8 Å². The van der Waals surface area contributed by atoms with E-state index in [2.05, 4.69) is 0 Å². The van der Waals surface area contributed by atoms with E-state index >= 15 is 0 Å². The van der Waals surface area contributed by atoms with Gasteiger partial charge in [0, 0.05) is 16.3 Å². The number of nitrogens with two attached hydrogens (primary N) is 1. The first-order valence-electron chi connectivity index (χ1n) is 6.63. The lowest BCUT2D eigenvalue weighted by Crippen LogP contribution is -2.03. The molecule has 0 saturated carbocycles. The van der Waals surface area contributed by atoms with Gasteiger partial charge in [-0.2, -0.15) is 0 Å². The van der Waals surface area contributed by atoms with Crippen molar-refractivity contribution in [2.45, 2.75) is 11.8 Å². The smallest absolute Gasteiger partial charge is 0.161 e. The lowest BCUT2D eigenvalue weighted by atomic mass is 10.3. The molecule has 4 heteroatoms. The molecule has 2 aromatic rings. The molecule has 0 unspecified atom stereocenters. The second kappa shape index (κ2) is 7.70. The minimum atomic E-state index is 0.614. The molecule has 0 atom stereocenters. The molecule has 2 N–H and O–H groups in total. The number of rotatable bonds is 7. The third-order valence-electron chi connectivity index (χ3n) is 2.67. The van der Waals surface area contributed by atoms with Crippen LogP contribution in [0.2, 0.25) is 0 Å². The zero-order valence-corrected chi connectivity index (χ0v) is 12.4. The minimum absolute atomic E-state index is 0.614. The number of para-hydroxylation sites is 3. The number of hydrogen-bond donors (Lipinski definition) is 1. The zero-order chi connectivity index (χ0) is 14.2. The lowest BCUT2D eigenvalue weighted by molar-refractivity contribution is 0.289. The molecule has 0 radical (unpaired) electrons. The average Bonchev–Trinajstić information content (AvgIpc) is 2.47. The number of thioether (sulfide) groups is 1. The Balaban J connectivity index is 1.83. The third-order valence-corrected chi connectivity index (χ3v) is 3.72. The monoisotopic (exact) mass is 289 g/mol. The summed E-state index contributed by atoms with van der Waals surface area (Å²) in [5.41, 5.74) is 6.71. The summed E-state index contributed by atoms with van der Waals surface area (Å²) in [4.78, 5) is 1.09. The first-order valence-corrected chi connectivity index (χ1v) is 7.61. The van der Waals surface area contributed by atoms with Gasteiger partial charge in [-0.15, -0.1) is 11.8 Å². The molecular formula is C16H19NO2S. The Morgan fingerprint density at radius 3 is 2.30 bits per heavy atom. The molecular weight excluding hydrogens is 270 g/mol. The summed E-state index contributed by atoms with van der Waals surface area (Å²) in [6.07, 6.45) is 0. The van der Waals surface area contributed by atoms with Crippen LogP contribution in [0.3, 0.4) is 0 Å². The van der Waals surface area contributed by atoms with Crippen molar-refractivity contribution >= 4 is 17.4 Å². The molecule has 106 valence electrons. The van der Waals surface area contributed by atoms with Gasteiger partial charge in [0.15, 0.2) is 11.5 Å².